The second kappa shape index (κ2) is 8.67. The van der Waals surface area contributed by atoms with Crippen molar-refractivity contribution < 1.29 is 14.2 Å². The predicted octanol–water partition coefficient (Wildman–Crippen LogP) is 4.56. The van der Waals surface area contributed by atoms with Gasteiger partial charge in [0, 0.05) is 22.8 Å². The van der Waals surface area contributed by atoms with Crippen molar-refractivity contribution in [1.29, 1.82) is 0 Å². The number of rotatable bonds is 7. The maximum Gasteiger partial charge on any atom is 0.203 e. The summed E-state index contributed by atoms with van der Waals surface area (Å²) in [6.07, 6.45) is 0. The first-order valence-corrected chi connectivity index (χ1v) is 9.92. The summed E-state index contributed by atoms with van der Waals surface area (Å²) >= 11 is 5.09. The van der Waals surface area contributed by atoms with Gasteiger partial charge in [0.1, 0.15) is 0 Å². The van der Waals surface area contributed by atoms with Crippen molar-refractivity contribution in [2.75, 3.05) is 21.3 Å². The van der Waals surface area contributed by atoms with Crippen LogP contribution in [0.5, 0.6) is 17.2 Å². The van der Waals surface area contributed by atoms with Crippen LogP contribution >= 0.6 is 27.7 Å². The van der Waals surface area contributed by atoms with E-state index in [-0.39, 0.29) is 0 Å². The van der Waals surface area contributed by atoms with E-state index in [9.17, 15) is 0 Å². The van der Waals surface area contributed by atoms with Crippen molar-refractivity contribution in [3.8, 4) is 28.6 Å². The molecular weight excluding hydrogens is 430 g/mol. The Balaban J connectivity index is 1.87. The minimum Gasteiger partial charge on any atom is -0.493 e. The number of thioether (sulfide) groups is 1. The van der Waals surface area contributed by atoms with Gasteiger partial charge < -0.3 is 18.8 Å². The molecule has 0 aliphatic rings. The number of hydrogen-bond acceptors (Lipinski definition) is 6. The van der Waals surface area contributed by atoms with Gasteiger partial charge >= 0.3 is 0 Å². The Morgan fingerprint density at radius 3 is 2.15 bits per heavy atom. The van der Waals surface area contributed by atoms with E-state index >= 15 is 0 Å². The number of benzene rings is 2. The minimum absolute atomic E-state index is 0.552. The summed E-state index contributed by atoms with van der Waals surface area (Å²) in [6.45, 7) is 0. The van der Waals surface area contributed by atoms with E-state index in [0.29, 0.717) is 17.2 Å². The molecule has 0 N–H and O–H groups in total. The lowest BCUT2D eigenvalue weighted by molar-refractivity contribution is 0.324. The molecule has 3 rings (SSSR count). The third kappa shape index (κ3) is 4.22. The van der Waals surface area contributed by atoms with Crippen molar-refractivity contribution in [1.82, 2.24) is 14.8 Å². The molecule has 1 aromatic heterocycles. The predicted molar refractivity (Wildman–Crippen MR) is 110 cm³/mol. The Morgan fingerprint density at radius 2 is 1.59 bits per heavy atom. The Labute approximate surface area is 171 Å². The average Bonchev–Trinajstić information content (AvgIpc) is 3.06. The second-order valence-corrected chi connectivity index (χ2v) is 7.55. The number of hydrogen-bond donors (Lipinski definition) is 0. The van der Waals surface area contributed by atoms with Crippen LogP contribution in [-0.4, -0.2) is 36.1 Å². The van der Waals surface area contributed by atoms with Gasteiger partial charge in [0.15, 0.2) is 22.5 Å². The van der Waals surface area contributed by atoms with Gasteiger partial charge in [-0.05, 0) is 29.8 Å². The van der Waals surface area contributed by atoms with E-state index in [0.717, 1.165) is 26.8 Å². The summed E-state index contributed by atoms with van der Waals surface area (Å²) in [5.74, 6) is 3.26. The fourth-order valence-electron chi connectivity index (χ4n) is 2.63. The van der Waals surface area contributed by atoms with Crippen LogP contribution in [0.15, 0.2) is 46.0 Å². The molecule has 27 heavy (non-hydrogen) atoms. The van der Waals surface area contributed by atoms with E-state index in [1.807, 2.05) is 35.9 Å². The van der Waals surface area contributed by atoms with Gasteiger partial charge in [0.25, 0.3) is 0 Å². The average molecular weight is 450 g/mol. The maximum atomic E-state index is 5.43. The summed E-state index contributed by atoms with van der Waals surface area (Å²) in [7, 11) is 6.72. The Hall–Kier alpha value is -2.19. The molecule has 0 aliphatic heterocycles. The monoisotopic (exact) mass is 449 g/mol. The molecule has 0 spiro atoms. The highest BCUT2D eigenvalue weighted by molar-refractivity contribution is 9.10. The summed E-state index contributed by atoms with van der Waals surface area (Å²) in [5.41, 5.74) is 2.07. The molecule has 0 amide bonds. The highest BCUT2D eigenvalue weighted by atomic mass is 79.9. The molecule has 1 heterocycles. The van der Waals surface area contributed by atoms with Crippen LogP contribution in [0.4, 0.5) is 0 Å². The van der Waals surface area contributed by atoms with Crippen LogP contribution in [-0.2, 0) is 12.8 Å². The Morgan fingerprint density at radius 1 is 0.963 bits per heavy atom. The van der Waals surface area contributed by atoms with Crippen LogP contribution < -0.4 is 14.2 Å². The summed E-state index contributed by atoms with van der Waals surface area (Å²) in [4.78, 5) is 0. The zero-order chi connectivity index (χ0) is 19.4. The molecular formula is C19H20BrN3O3S. The molecule has 2 aromatic carbocycles. The zero-order valence-corrected chi connectivity index (χ0v) is 17.9. The SMILES string of the molecule is COc1cc(-c2nnc(SCc3ccc(Br)cc3)n2C)cc(OC)c1OC. The van der Waals surface area contributed by atoms with Crippen LogP contribution in [0, 0.1) is 0 Å². The Kier molecular flexibility index (Phi) is 6.28. The fourth-order valence-corrected chi connectivity index (χ4v) is 3.76. The van der Waals surface area contributed by atoms with Crippen LogP contribution in [0.3, 0.4) is 0 Å². The standard InChI is InChI=1S/C19H20BrN3O3S/c1-23-18(13-9-15(24-2)17(26-4)16(10-13)25-3)21-22-19(23)27-11-12-5-7-14(20)8-6-12/h5-10H,11H2,1-4H3. The lowest BCUT2D eigenvalue weighted by atomic mass is 10.1. The quantitative estimate of drug-likeness (QED) is 0.492. The summed E-state index contributed by atoms with van der Waals surface area (Å²) < 4.78 is 19.3. The van der Waals surface area contributed by atoms with Gasteiger partial charge in [-0.15, -0.1) is 10.2 Å². The van der Waals surface area contributed by atoms with Gasteiger partial charge in [0.05, 0.1) is 21.3 Å². The minimum atomic E-state index is 0.552. The van der Waals surface area contributed by atoms with Crippen LogP contribution in [0.2, 0.25) is 0 Å². The van der Waals surface area contributed by atoms with Crippen LogP contribution in [0.1, 0.15) is 5.56 Å². The lowest BCUT2D eigenvalue weighted by Crippen LogP contribution is -1.99. The van der Waals surface area contributed by atoms with Gasteiger partial charge in [-0.3, -0.25) is 0 Å². The van der Waals surface area contributed by atoms with Crippen molar-refractivity contribution in [3.63, 3.8) is 0 Å². The van der Waals surface area contributed by atoms with Crippen molar-refractivity contribution in [2.45, 2.75) is 10.9 Å². The first-order valence-electron chi connectivity index (χ1n) is 8.14. The zero-order valence-electron chi connectivity index (χ0n) is 15.5. The molecule has 3 aromatic rings. The van der Waals surface area contributed by atoms with E-state index < -0.39 is 0 Å². The molecule has 0 unspecified atom stereocenters. The van der Waals surface area contributed by atoms with E-state index in [2.05, 4.69) is 38.3 Å². The van der Waals surface area contributed by atoms with Gasteiger partial charge in [-0.1, -0.05) is 39.8 Å². The number of ether oxygens (including phenoxy) is 3. The first-order chi connectivity index (χ1) is 13.1. The molecule has 0 fully saturated rings. The van der Waals surface area contributed by atoms with Gasteiger partial charge in [0.2, 0.25) is 5.75 Å². The molecule has 0 radical (unpaired) electrons. The topological polar surface area (TPSA) is 58.4 Å². The van der Waals surface area contributed by atoms with E-state index in [1.54, 1.807) is 33.1 Å². The molecule has 8 heteroatoms. The third-order valence-electron chi connectivity index (χ3n) is 4.04. The van der Waals surface area contributed by atoms with Gasteiger partial charge in [-0.2, -0.15) is 0 Å². The molecule has 0 saturated heterocycles. The van der Waals surface area contributed by atoms with Gasteiger partial charge in [-0.25, -0.2) is 0 Å². The highest BCUT2D eigenvalue weighted by Gasteiger charge is 2.18. The van der Waals surface area contributed by atoms with E-state index in [4.69, 9.17) is 14.2 Å². The molecule has 0 aliphatic carbocycles. The molecule has 0 saturated carbocycles. The summed E-state index contributed by atoms with van der Waals surface area (Å²) in [6, 6.07) is 12.0. The fraction of sp³-hybridized carbons (Fsp3) is 0.263. The largest absolute Gasteiger partial charge is 0.493 e. The third-order valence-corrected chi connectivity index (χ3v) is 5.66. The molecule has 142 valence electrons. The number of nitrogens with zero attached hydrogens (tertiary/aromatic N) is 3. The maximum absolute atomic E-state index is 5.43. The lowest BCUT2D eigenvalue weighted by Gasteiger charge is -2.14. The normalized spacial score (nSPS) is 10.7. The number of halogens is 1. The molecule has 6 nitrogen and oxygen atoms in total. The molecule has 0 bridgehead atoms. The second-order valence-electron chi connectivity index (χ2n) is 5.69. The van der Waals surface area contributed by atoms with E-state index in [1.165, 1.54) is 5.56 Å². The first kappa shape index (κ1) is 19.6. The Bertz CT molecular complexity index is 903. The molecule has 0 atom stereocenters. The highest BCUT2D eigenvalue weighted by Crippen LogP contribution is 2.41. The number of aromatic nitrogens is 3. The van der Waals surface area contributed by atoms with Crippen molar-refractivity contribution in [3.05, 3.63) is 46.4 Å². The van der Waals surface area contributed by atoms with Crippen molar-refractivity contribution >= 4 is 27.7 Å². The smallest absolute Gasteiger partial charge is 0.203 e. The van der Waals surface area contributed by atoms with Crippen molar-refractivity contribution in [2.24, 2.45) is 7.05 Å². The summed E-state index contributed by atoms with van der Waals surface area (Å²) in [5, 5.41) is 9.52. The number of methoxy groups -OCH3 is 3. The van der Waals surface area contributed by atoms with Crippen LogP contribution in [0.25, 0.3) is 11.4 Å².